The molecule has 0 aliphatic rings. The molecule has 1 rings (SSSR count). The summed E-state index contributed by atoms with van der Waals surface area (Å²) >= 11 is 0. The van der Waals surface area contributed by atoms with Gasteiger partial charge in [0.2, 0.25) is 0 Å². The Bertz CT molecular complexity index is 434. The van der Waals surface area contributed by atoms with Crippen molar-refractivity contribution < 1.29 is 24.5 Å². The fourth-order valence-electron chi connectivity index (χ4n) is 1.83. The number of amides is 1. The zero-order valence-electron chi connectivity index (χ0n) is 11.3. The second-order valence-corrected chi connectivity index (χ2v) is 4.39. The van der Waals surface area contributed by atoms with Crippen molar-refractivity contribution in [1.29, 1.82) is 0 Å². The maximum absolute atomic E-state index is 12.1. The van der Waals surface area contributed by atoms with Crippen LogP contribution in [-0.4, -0.2) is 48.0 Å². The van der Waals surface area contributed by atoms with Gasteiger partial charge in [-0.2, -0.15) is 0 Å². The van der Waals surface area contributed by atoms with Gasteiger partial charge < -0.3 is 20.3 Å². The van der Waals surface area contributed by atoms with E-state index in [1.165, 1.54) is 7.11 Å². The maximum Gasteiger partial charge on any atom is 0.405 e. The molecular formula is C14H19NO5. The van der Waals surface area contributed by atoms with E-state index in [1.807, 2.05) is 6.07 Å². The van der Waals surface area contributed by atoms with E-state index in [-0.39, 0.29) is 19.4 Å². The molecule has 0 radical (unpaired) electrons. The molecule has 6 heteroatoms. The lowest BCUT2D eigenvalue weighted by atomic mass is 9.98. The molecule has 2 atom stereocenters. The van der Waals surface area contributed by atoms with Crippen LogP contribution in [0.3, 0.4) is 0 Å². The third kappa shape index (κ3) is 5.38. The zero-order chi connectivity index (χ0) is 15.0. The third-order valence-electron chi connectivity index (χ3n) is 2.85. The number of benzene rings is 1. The summed E-state index contributed by atoms with van der Waals surface area (Å²) < 4.78 is 4.79. The van der Waals surface area contributed by atoms with Crippen LogP contribution in [-0.2, 0) is 16.0 Å². The number of hydrogen-bond acceptors (Lipinski definition) is 4. The largest absolute Gasteiger partial charge is 0.465 e. The first-order valence-electron chi connectivity index (χ1n) is 6.28. The number of carbonyl (C=O) groups is 2. The quantitative estimate of drug-likeness (QED) is 0.656. The number of aliphatic hydroxyl groups excluding tert-OH is 1. The lowest BCUT2D eigenvalue weighted by Gasteiger charge is -2.19. The van der Waals surface area contributed by atoms with Crippen LogP contribution in [0.1, 0.15) is 12.0 Å². The first-order chi connectivity index (χ1) is 9.54. The van der Waals surface area contributed by atoms with Crippen molar-refractivity contribution in [3.63, 3.8) is 0 Å². The predicted octanol–water partition coefficient (Wildman–Crippen LogP) is 0.832. The highest BCUT2D eigenvalue weighted by molar-refractivity contribution is 5.90. The number of nitrogens with one attached hydrogen (secondary N) is 1. The molecule has 0 spiro atoms. The van der Waals surface area contributed by atoms with Gasteiger partial charge in [-0.1, -0.05) is 30.3 Å². The Hall–Kier alpha value is -1.92. The Morgan fingerprint density at radius 2 is 1.95 bits per heavy atom. The molecule has 0 aliphatic heterocycles. The summed E-state index contributed by atoms with van der Waals surface area (Å²) in [5, 5.41) is 20.7. The maximum atomic E-state index is 12.1. The summed E-state index contributed by atoms with van der Waals surface area (Å²) in [7, 11) is 1.47. The molecule has 1 unspecified atom stereocenters. The molecule has 0 saturated carbocycles. The molecule has 0 aliphatic carbocycles. The predicted molar refractivity (Wildman–Crippen MR) is 72.6 cm³/mol. The molecule has 110 valence electrons. The van der Waals surface area contributed by atoms with Crippen molar-refractivity contribution in [3.8, 4) is 0 Å². The van der Waals surface area contributed by atoms with Crippen LogP contribution in [0.5, 0.6) is 0 Å². The number of carboxylic acid groups (broad SMARTS) is 1. The van der Waals surface area contributed by atoms with Gasteiger partial charge in [0.25, 0.3) is 0 Å². The highest BCUT2D eigenvalue weighted by atomic mass is 16.5. The zero-order valence-corrected chi connectivity index (χ0v) is 11.3. The number of rotatable bonds is 8. The number of Topliss-reactive ketones (excluding diaryl/α,β-unsaturated/α-hetero) is 1. The fraction of sp³-hybridized carbons (Fsp3) is 0.429. The van der Waals surface area contributed by atoms with Gasteiger partial charge in [-0.25, -0.2) is 4.79 Å². The summed E-state index contributed by atoms with van der Waals surface area (Å²) in [4.78, 5) is 22.8. The van der Waals surface area contributed by atoms with E-state index in [2.05, 4.69) is 5.32 Å². The Labute approximate surface area is 117 Å². The molecule has 6 nitrogen and oxygen atoms in total. The molecule has 1 amide bonds. The van der Waals surface area contributed by atoms with Gasteiger partial charge in [0, 0.05) is 20.1 Å². The summed E-state index contributed by atoms with van der Waals surface area (Å²) in [6.45, 7) is 0.234. The summed E-state index contributed by atoms with van der Waals surface area (Å²) in [6, 6.07) is 8.06. The topological polar surface area (TPSA) is 95.9 Å². The van der Waals surface area contributed by atoms with Crippen molar-refractivity contribution in [2.75, 3.05) is 13.7 Å². The van der Waals surface area contributed by atoms with Crippen molar-refractivity contribution in [2.24, 2.45) is 0 Å². The van der Waals surface area contributed by atoms with Gasteiger partial charge in [0.05, 0.1) is 6.04 Å². The Morgan fingerprint density at radius 1 is 1.30 bits per heavy atom. The van der Waals surface area contributed by atoms with E-state index >= 15 is 0 Å². The van der Waals surface area contributed by atoms with Crippen LogP contribution in [0.4, 0.5) is 4.79 Å². The number of ketones is 1. The Morgan fingerprint density at radius 3 is 2.50 bits per heavy atom. The monoisotopic (exact) mass is 281 g/mol. The molecule has 0 bridgehead atoms. The summed E-state index contributed by atoms with van der Waals surface area (Å²) in [5.74, 6) is -0.548. The number of aliphatic hydroxyl groups is 1. The van der Waals surface area contributed by atoms with Gasteiger partial charge in [-0.3, -0.25) is 4.79 Å². The first kappa shape index (κ1) is 16.1. The second kappa shape index (κ2) is 8.29. The molecule has 0 fully saturated rings. The van der Waals surface area contributed by atoms with E-state index in [0.29, 0.717) is 0 Å². The average Bonchev–Trinajstić information content (AvgIpc) is 2.44. The van der Waals surface area contributed by atoms with Crippen molar-refractivity contribution in [1.82, 2.24) is 5.32 Å². The van der Waals surface area contributed by atoms with Crippen molar-refractivity contribution in [3.05, 3.63) is 35.9 Å². The lowest BCUT2D eigenvalue weighted by molar-refractivity contribution is -0.129. The van der Waals surface area contributed by atoms with E-state index in [4.69, 9.17) is 9.84 Å². The van der Waals surface area contributed by atoms with Crippen LogP contribution in [0.15, 0.2) is 30.3 Å². The van der Waals surface area contributed by atoms with Gasteiger partial charge in [-0.15, -0.1) is 0 Å². The molecule has 3 N–H and O–H groups in total. The van der Waals surface area contributed by atoms with Crippen LogP contribution < -0.4 is 5.32 Å². The molecule has 0 aromatic heterocycles. The summed E-state index contributed by atoms with van der Waals surface area (Å²) in [6.07, 6.45) is -2.19. The second-order valence-electron chi connectivity index (χ2n) is 4.39. The van der Waals surface area contributed by atoms with Gasteiger partial charge in [0.15, 0.2) is 5.78 Å². The SMILES string of the molecule is COCCC(O)C(=O)[C@H](Cc1ccccc1)NC(=O)O. The van der Waals surface area contributed by atoms with E-state index in [9.17, 15) is 14.7 Å². The minimum Gasteiger partial charge on any atom is -0.465 e. The number of carbonyl (C=O) groups excluding carboxylic acids is 1. The highest BCUT2D eigenvalue weighted by Crippen LogP contribution is 2.07. The minimum atomic E-state index is -1.29. The van der Waals surface area contributed by atoms with Crippen LogP contribution in [0.25, 0.3) is 0 Å². The standard InChI is InChI=1S/C14H19NO5/c1-20-8-7-12(16)13(17)11(15-14(18)19)9-10-5-3-2-4-6-10/h2-6,11-12,15-16H,7-9H2,1H3,(H,18,19)/t11-,12?/m0/s1. The fourth-order valence-corrected chi connectivity index (χ4v) is 1.83. The Balaban J connectivity index is 2.72. The molecule has 1 aromatic rings. The molecular weight excluding hydrogens is 262 g/mol. The van der Waals surface area contributed by atoms with E-state index < -0.39 is 24.0 Å². The first-order valence-corrected chi connectivity index (χ1v) is 6.28. The third-order valence-corrected chi connectivity index (χ3v) is 2.85. The molecule has 1 aromatic carbocycles. The van der Waals surface area contributed by atoms with Crippen LogP contribution in [0.2, 0.25) is 0 Å². The Kier molecular flexibility index (Phi) is 6.69. The van der Waals surface area contributed by atoms with Crippen molar-refractivity contribution >= 4 is 11.9 Å². The highest BCUT2D eigenvalue weighted by Gasteiger charge is 2.26. The normalized spacial score (nSPS) is 13.5. The van der Waals surface area contributed by atoms with Crippen LogP contribution in [0, 0.1) is 0 Å². The summed E-state index contributed by atoms with van der Waals surface area (Å²) in [5.41, 5.74) is 0.818. The number of methoxy groups -OCH3 is 1. The van der Waals surface area contributed by atoms with Gasteiger partial charge in [-0.05, 0) is 12.0 Å². The van der Waals surface area contributed by atoms with E-state index in [0.717, 1.165) is 5.56 Å². The van der Waals surface area contributed by atoms with E-state index in [1.54, 1.807) is 24.3 Å². The van der Waals surface area contributed by atoms with Gasteiger partial charge in [0.1, 0.15) is 6.10 Å². The average molecular weight is 281 g/mol. The molecule has 0 heterocycles. The molecule has 0 saturated heterocycles. The van der Waals surface area contributed by atoms with Gasteiger partial charge >= 0.3 is 6.09 Å². The number of hydrogen-bond donors (Lipinski definition) is 3. The smallest absolute Gasteiger partial charge is 0.405 e. The lowest BCUT2D eigenvalue weighted by Crippen LogP contribution is -2.46. The molecule has 20 heavy (non-hydrogen) atoms. The van der Waals surface area contributed by atoms with Crippen molar-refractivity contribution in [2.45, 2.75) is 25.0 Å². The number of ether oxygens (including phenoxy) is 1. The van der Waals surface area contributed by atoms with Crippen LogP contribution >= 0.6 is 0 Å². The minimum absolute atomic E-state index is 0.141.